The molecule has 0 saturated heterocycles. The summed E-state index contributed by atoms with van der Waals surface area (Å²) in [7, 11) is 0. The molecule has 0 unspecified atom stereocenters. The van der Waals surface area contributed by atoms with Crippen molar-refractivity contribution in [2.24, 2.45) is 0 Å². The SMILES string of the molecule is c1ccc(-c2cccc3c2oc2cccc(N(c4ccccc4-c4ccc5ccccc5c4)c4cccc5c4-c4ccccc4C54c5ccccc5-c5ccccc54)c23)cc1. The van der Waals surface area contributed by atoms with Gasteiger partial charge in [-0.2, -0.15) is 0 Å². The van der Waals surface area contributed by atoms with Crippen LogP contribution in [0.2, 0.25) is 0 Å². The lowest BCUT2D eigenvalue weighted by molar-refractivity contribution is 0.670. The van der Waals surface area contributed by atoms with Gasteiger partial charge in [0, 0.05) is 22.1 Å². The van der Waals surface area contributed by atoms with Crippen LogP contribution < -0.4 is 4.90 Å². The number of hydrogen-bond acceptors (Lipinski definition) is 2. The van der Waals surface area contributed by atoms with Gasteiger partial charge < -0.3 is 9.32 Å². The van der Waals surface area contributed by atoms with Crippen LogP contribution in [0, 0.1) is 0 Å². The number of anilines is 3. The Morgan fingerprint density at radius 3 is 1.69 bits per heavy atom. The van der Waals surface area contributed by atoms with E-state index in [0.29, 0.717) is 0 Å². The third-order valence-corrected chi connectivity index (χ3v) is 13.3. The molecule has 1 spiro atoms. The first-order chi connectivity index (χ1) is 30.3. The molecule has 2 heteroatoms. The van der Waals surface area contributed by atoms with E-state index >= 15 is 0 Å². The van der Waals surface area contributed by atoms with Gasteiger partial charge in [-0.05, 0) is 91.2 Å². The molecule has 2 nitrogen and oxygen atoms in total. The number of nitrogens with zero attached hydrogens (tertiary/aromatic N) is 1. The van der Waals surface area contributed by atoms with E-state index in [9.17, 15) is 0 Å². The van der Waals surface area contributed by atoms with Gasteiger partial charge in [0.05, 0.1) is 27.9 Å². The van der Waals surface area contributed by atoms with E-state index in [1.54, 1.807) is 0 Å². The van der Waals surface area contributed by atoms with Crippen LogP contribution in [-0.4, -0.2) is 0 Å². The van der Waals surface area contributed by atoms with Gasteiger partial charge in [0.15, 0.2) is 0 Å². The minimum absolute atomic E-state index is 0.475. The molecule has 2 aliphatic rings. The Morgan fingerprint density at radius 1 is 0.344 bits per heavy atom. The Balaban J connectivity index is 1.15. The largest absolute Gasteiger partial charge is 0.455 e. The number of benzene rings is 10. The molecule has 0 N–H and O–H groups in total. The Kier molecular flexibility index (Phi) is 7.26. The van der Waals surface area contributed by atoms with Crippen LogP contribution in [0.3, 0.4) is 0 Å². The van der Waals surface area contributed by atoms with Crippen molar-refractivity contribution in [3.8, 4) is 44.5 Å². The first-order valence-electron chi connectivity index (χ1n) is 21.1. The zero-order valence-corrected chi connectivity index (χ0v) is 33.2. The van der Waals surface area contributed by atoms with E-state index in [2.05, 4.69) is 229 Å². The fraction of sp³-hybridized carbons (Fsp3) is 0.0169. The van der Waals surface area contributed by atoms with Crippen molar-refractivity contribution < 1.29 is 4.42 Å². The second-order valence-electron chi connectivity index (χ2n) is 16.3. The normalized spacial score (nSPS) is 13.0. The maximum atomic E-state index is 6.94. The van der Waals surface area contributed by atoms with Gasteiger partial charge in [-0.15, -0.1) is 0 Å². The molecule has 0 radical (unpaired) electrons. The topological polar surface area (TPSA) is 16.4 Å². The van der Waals surface area contributed by atoms with Gasteiger partial charge >= 0.3 is 0 Å². The van der Waals surface area contributed by atoms with E-state index in [-0.39, 0.29) is 0 Å². The number of fused-ring (bicyclic) bond motifs is 14. The van der Waals surface area contributed by atoms with Crippen molar-refractivity contribution in [2.45, 2.75) is 5.41 Å². The molecule has 10 aromatic carbocycles. The smallest absolute Gasteiger partial charge is 0.143 e. The number of hydrogen-bond donors (Lipinski definition) is 0. The molecule has 0 atom stereocenters. The van der Waals surface area contributed by atoms with Crippen LogP contribution in [0.5, 0.6) is 0 Å². The van der Waals surface area contributed by atoms with Gasteiger partial charge in [-0.25, -0.2) is 0 Å². The molecule has 0 saturated carbocycles. The van der Waals surface area contributed by atoms with E-state index in [4.69, 9.17) is 4.42 Å². The molecule has 13 rings (SSSR count). The highest BCUT2D eigenvalue weighted by molar-refractivity contribution is 6.17. The summed E-state index contributed by atoms with van der Waals surface area (Å²) in [5.41, 5.74) is 19.5. The highest BCUT2D eigenvalue weighted by atomic mass is 16.3. The Bertz CT molecular complexity index is 3510. The first kappa shape index (κ1) is 34.0. The zero-order chi connectivity index (χ0) is 40.1. The minimum Gasteiger partial charge on any atom is -0.455 e. The lowest BCUT2D eigenvalue weighted by Gasteiger charge is -2.32. The van der Waals surface area contributed by atoms with Gasteiger partial charge in [-0.3, -0.25) is 0 Å². The van der Waals surface area contributed by atoms with Crippen molar-refractivity contribution in [1.29, 1.82) is 0 Å². The average Bonchev–Trinajstić information content (AvgIpc) is 3.97. The van der Waals surface area contributed by atoms with Gasteiger partial charge in [0.25, 0.3) is 0 Å². The standard InChI is InChI=1S/C59H37NO/c1-2-18-39(19-3-1)43-25-14-26-47-57-54(33-16-34-55(57)61-58(43)47)60(52-31-13-9-21-42(52)41-36-35-38-17-4-5-20-40(38)37-41)53-32-15-30-51-56(53)46-24-8-12-29-50(46)59(51)48-27-10-6-22-44(48)45-23-7-11-28-49(45)59/h1-37H. The highest BCUT2D eigenvalue weighted by Gasteiger charge is 2.52. The third kappa shape index (κ3) is 4.73. The molecule has 11 aromatic rings. The lowest BCUT2D eigenvalue weighted by atomic mass is 9.70. The van der Waals surface area contributed by atoms with Crippen LogP contribution >= 0.6 is 0 Å². The quantitative estimate of drug-likeness (QED) is 0.173. The molecule has 1 heterocycles. The fourth-order valence-corrected chi connectivity index (χ4v) is 10.8. The third-order valence-electron chi connectivity index (χ3n) is 13.3. The maximum Gasteiger partial charge on any atom is 0.143 e. The molecule has 1 aromatic heterocycles. The fourth-order valence-electron chi connectivity index (χ4n) is 10.8. The molecular weight excluding hydrogens is 739 g/mol. The molecule has 284 valence electrons. The molecular formula is C59H37NO. The van der Waals surface area contributed by atoms with Crippen LogP contribution in [0.4, 0.5) is 17.1 Å². The molecule has 0 aliphatic heterocycles. The minimum atomic E-state index is -0.475. The van der Waals surface area contributed by atoms with E-state index in [1.807, 2.05) is 0 Å². The van der Waals surface area contributed by atoms with Crippen LogP contribution in [-0.2, 0) is 5.41 Å². The summed E-state index contributed by atoms with van der Waals surface area (Å²) in [6, 6.07) is 82.2. The van der Waals surface area contributed by atoms with Crippen molar-refractivity contribution in [3.63, 3.8) is 0 Å². The highest BCUT2D eigenvalue weighted by Crippen LogP contribution is 2.65. The second-order valence-corrected chi connectivity index (χ2v) is 16.3. The zero-order valence-electron chi connectivity index (χ0n) is 33.2. The summed E-state index contributed by atoms with van der Waals surface area (Å²) in [5.74, 6) is 0. The number of rotatable bonds is 5. The monoisotopic (exact) mass is 775 g/mol. The summed E-state index contributed by atoms with van der Waals surface area (Å²) < 4.78 is 6.94. The summed E-state index contributed by atoms with van der Waals surface area (Å²) >= 11 is 0. The number of furan rings is 1. The lowest BCUT2D eigenvalue weighted by Crippen LogP contribution is -2.26. The summed E-state index contributed by atoms with van der Waals surface area (Å²) in [6.45, 7) is 0. The summed E-state index contributed by atoms with van der Waals surface area (Å²) in [4.78, 5) is 2.53. The Morgan fingerprint density at radius 2 is 0.902 bits per heavy atom. The summed E-state index contributed by atoms with van der Waals surface area (Å²) in [6.07, 6.45) is 0. The van der Waals surface area contributed by atoms with Crippen molar-refractivity contribution in [1.82, 2.24) is 0 Å². The number of para-hydroxylation sites is 2. The average molecular weight is 776 g/mol. The van der Waals surface area contributed by atoms with Crippen molar-refractivity contribution in [3.05, 3.63) is 247 Å². The van der Waals surface area contributed by atoms with Gasteiger partial charge in [0.1, 0.15) is 11.2 Å². The summed E-state index contributed by atoms with van der Waals surface area (Å²) in [5, 5.41) is 4.61. The molecule has 0 fully saturated rings. The van der Waals surface area contributed by atoms with E-state index in [0.717, 1.165) is 61.3 Å². The molecule has 0 amide bonds. The maximum absolute atomic E-state index is 6.94. The van der Waals surface area contributed by atoms with E-state index < -0.39 is 5.41 Å². The second kappa shape index (κ2) is 13.0. The molecule has 0 bridgehead atoms. The van der Waals surface area contributed by atoms with Crippen molar-refractivity contribution in [2.75, 3.05) is 4.90 Å². The predicted molar refractivity (Wildman–Crippen MR) is 253 cm³/mol. The Hall–Kier alpha value is -7.94. The van der Waals surface area contributed by atoms with Crippen molar-refractivity contribution >= 4 is 49.8 Å². The first-order valence-corrected chi connectivity index (χ1v) is 21.1. The van der Waals surface area contributed by atoms with Crippen LogP contribution in [0.1, 0.15) is 22.3 Å². The predicted octanol–water partition coefficient (Wildman–Crippen LogP) is 15.9. The van der Waals surface area contributed by atoms with E-state index in [1.165, 1.54) is 55.3 Å². The molecule has 61 heavy (non-hydrogen) atoms. The Labute approximate surface area is 354 Å². The van der Waals surface area contributed by atoms with Crippen LogP contribution in [0.15, 0.2) is 229 Å². The van der Waals surface area contributed by atoms with Crippen LogP contribution in [0.25, 0.3) is 77.2 Å². The molecule has 2 aliphatic carbocycles. The van der Waals surface area contributed by atoms with Gasteiger partial charge in [0.2, 0.25) is 0 Å². The van der Waals surface area contributed by atoms with Gasteiger partial charge in [-0.1, -0.05) is 194 Å².